The van der Waals surface area contributed by atoms with Crippen LogP contribution in [0.4, 0.5) is 18.0 Å². The summed E-state index contributed by atoms with van der Waals surface area (Å²) in [5.74, 6) is -3.47. The van der Waals surface area contributed by atoms with Gasteiger partial charge in [0.1, 0.15) is 18.7 Å². The van der Waals surface area contributed by atoms with Crippen LogP contribution in [0.1, 0.15) is 75.2 Å². The number of fused-ring (bicyclic) bond motifs is 8. The highest BCUT2D eigenvalue weighted by Gasteiger charge is 2.49. The van der Waals surface area contributed by atoms with Crippen LogP contribution in [0.15, 0.2) is 54.6 Å². The molecule has 1 aliphatic carbocycles. The fourth-order valence-corrected chi connectivity index (χ4v) is 11.3. The lowest BCUT2D eigenvalue weighted by atomic mass is 9.67. The molecular formula is C48H57F3N8O7S. The Kier molecular flexibility index (Phi) is 13.4. The second-order valence-corrected chi connectivity index (χ2v) is 19.9. The van der Waals surface area contributed by atoms with Crippen LogP contribution in [-0.4, -0.2) is 136 Å². The van der Waals surface area contributed by atoms with Crippen molar-refractivity contribution in [3.8, 4) is 22.5 Å². The molecule has 0 spiro atoms. The van der Waals surface area contributed by atoms with Crippen molar-refractivity contribution in [2.45, 2.75) is 90.2 Å². The number of pyridine rings is 1. The van der Waals surface area contributed by atoms with Crippen LogP contribution in [0.2, 0.25) is 0 Å². The number of benzene rings is 1. The Bertz CT molecular complexity index is 2580. The molecule has 0 saturated carbocycles. The molecule has 358 valence electrons. The quantitative estimate of drug-likeness (QED) is 0.148. The van der Waals surface area contributed by atoms with Gasteiger partial charge in [-0.2, -0.15) is 13.2 Å². The maximum absolute atomic E-state index is 14.7. The summed E-state index contributed by atoms with van der Waals surface area (Å²) in [5.41, 5.74) is 5.65. The number of hydrogen-bond acceptors (Lipinski definition) is 11. The molecule has 0 radical (unpaired) electrons. The van der Waals surface area contributed by atoms with E-state index in [0.29, 0.717) is 75.6 Å². The molecule has 2 saturated heterocycles. The van der Waals surface area contributed by atoms with E-state index >= 15 is 0 Å². The molecule has 4 amide bonds. The zero-order valence-corrected chi connectivity index (χ0v) is 39.4. The van der Waals surface area contributed by atoms with Crippen molar-refractivity contribution in [2.75, 3.05) is 53.5 Å². The second kappa shape index (κ2) is 18.8. The van der Waals surface area contributed by atoms with Crippen molar-refractivity contribution < 1.29 is 46.6 Å². The number of nitrogens with one attached hydrogen (secondary N) is 1. The molecule has 1 N–H and O–H groups in total. The summed E-state index contributed by atoms with van der Waals surface area (Å²) in [6.07, 6.45) is -1.83. The minimum absolute atomic E-state index is 0.0550. The van der Waals surface area contributed by atoms with E-state index in [1.807, 2.05) is 39.1 Å². The molecule has 19 heteroatoms. The molecular weight excluding hydrogens is 890 g/mol. The first kappa shape index (κ1) is 47.8. The monoisotopic (exact) mass is 946 g/mol. The molecule has 4 aromatic rings. The zero-order valence-electron chi connectivity index (χ0n) is 38.6. The molecule has 4 aliphatic rings. The van der Waals surface area contributed by atoms with Gasteiger partial charge in [-0.15, -0.1) is 11.3 Å². The van der Waals surface area contributed by atoms with Crippen LogP contribution in [-0.2, 0) is 41.6 Å². The number of likely N-dealkylation sites (N-methyl/N-ethyl adjacent to an activating group) is 1. The van der Waals surface area contributed by atoms with Crippen molar-refractivity contribution in [3.63, 3.8) is 0 Å². The van der Waals surface area contributed by atoms with Crippen LogP contribution in [0.3, 0.4) is 0 Å². The van der Waals surface area contributed by atoms with E-state index < -0.39 is 60.0 Å². The molecule has 15 nitrogen and oxygen atoms in total. The zero-order chi connectivity index (χ0) is 48.1. The molecule has 5 atom stereocenters. The van der Waals surface area contributed by atoms with Gasteiger partial charge >= 0.3 is 18.2 Å². The predicted molar refractivity (Wildman–Crippen MR) is 244 cm³/mol. The molecule has 67 heavy (non-hydrogen) atoms. The van der Waals surface area contributed by atoms with Crippen molar-refractivity contribution in [2.24, 2.45) is 17.3 Å². The Labute approximate surface area is 391 Å². The number of esters is 1. The number of Topliss-reactive ketones (excluding diaryl/α,β-unsaturated/α-hetero) is 1. The first-order chi connectivity index (χ1) is 31.8. The summed E-state index contributed by atoms with van der Waals surface area (Å²) in [4.78, 5) is 83.6. The van der Waals surface area contributed by atoms with E-state index in [1.54, 1.807) is 47.3 Å². The summed E-state index contributed by atoms with van der Waals surface area (Å²) in [6, 6.07) is 6.53. The second-order valence-electron chi connectivity index (χ2n) is 19.0. The molecule has 6 bridgehead atoms. The summed E-state index contributed by atoms with van der Waals surface area (Å²) >= 11 is 1.30. The molecule has 3 aromatic heterocycles. The fraction of sp³-hybridized carbons (Fsp3) is 0.521. The topological polar surface area (TPSA) is 160 Å². The summed E-state index contributed by atoms with van der Waals surface area (Å²) in [6.45, 7) is 11.1. The van der Waals surface area contributed by atoms with E-state index in [1.165, 1.54) is 39.0 Å². The van der Waals surface area contributed by atoms with Crippen molar-refractivity contribution in [1.82, 2.24) is 39.7 Å². The number of amides is 4. The molecule has 8 rings (SSSR count). The maximum atomic E-state index is 14.7. The molecule has 1 aromatic carbocycles. The minimum Gasteiger partial charge on any atom is -0.464 e. The van der Waals surface area contributed by atoms with Crippen LogP contribution in [0.5, 0.6) is 0 Å². The summed E-state index contributed by atoms with van der Waals surface area (Å²) < 4.78 is 57.3. The van der Waals surface area contributed by atoms with Gasteiger partial charge in [-0.3, -0.25) is 29.2 Å². The third kappa shape index (κ3) is 9.33. The number of hydrogen-bond donors (Lipinski definition) is 1. The highest BCUT2D eigenvalue weighted by atomic mass is 32.1. The van der Waals surface area contributed by atoms with Crippen LogP contribution < -0.4 is 5.43 Å². The number of alkyl halides is 3. The number of carbonyl (C=O) groups excluding carboxylic acids is 5. The third-order valence-corrected chi connectivity index (χ3v) is 14.5. The lowest BCUT2D eigenvalue weighted by molar-refractivity contribution is -0.157. The summed E-state index contributed by atoms with van der Waals surface area (Å²) in [7, 11) is 3.12. The van der Waals surface area contributed by atoms with Crippen LogP contribution >= 0.6 is 11.3 Å². The lowest BCUT2D eigenvalue weighted by Crippen LogP contribution is -2.58. The number of hydrazine groups is 1. The Hall–Kier alpha value is -5.66. The van der Waals surface area contributed by atoms with E-state index in [4.69, 9.17) is 14.5 Å². The van der Waals surface area contributed by atoms with Gasteiger partial charge in [-0.1, -0.05) is 40.3 Å². The number of cyclic esters (lactones) is 1. The number of thiazole rings is 1. The number of urea groups is 1. The van der Waals surface area contributed by atoms with E-state index in [9.17, 15) is 37.1 Å². The average Bonchev–Trinajstić information content (AvgIpc) is 3.90. The van der Waals surface area contributed by atoms with E-state index in [-0.39, 0.29) is 62.7 Å². The van der Waals surface area contributed by atoms with Gasteiger partial charge in [0.2, 0.25) is 11.8 Å². The Morgan fingerprint density at radius 3 is 2.52 bits per heavy atom. The molecule has 6 heterocycles. The Balaban J connectivity index is 1.18. The largest absolute Gasteiger partial charge is 0.464 e. The molecule has 1 unspecified atom stereocenters. The third-order valence-electron chi connectivity index (χ3n) is 13.6. The van der Waals surface area contributed by atoms with E-state index in [2.05, 4.69) is 17.0 Å². The number of aromatic nitrogens is 3. The number of carbonyl (C=O) groups is 5. The number of nitrogens with zero attached hydrogens (tertiary/aromatic N) is 7. The maximum Gasteiger partial charge on any atom is 0.406 e. The molecule has 2 fully saturated rings. The normalized spacial score (nSPS) is 22.5. The average molecular weight is 947 g/mol. The van der Waals surface area contributed by atoms with Gasteiger partial charge in [-0.25, -0.2) is 15.2 Å². The van der Waals surface area contributed by atoms with Gasteiger partial charge in [0.05, 0.1) is 40.7 Å². The van der Waals surface area contributed by atoms with Gasteiger partial charge in [0.25, 0.3) is 0 Å². The lowest BCUT2D eigenvalue weighted by Gasteiger charge is -2.42. The number of ketones is 1. The van der Waals surface area contributed by atoms with E-state index in [0.717, 1.165) is 0 Å². The number of ether oxygens (including phenoxy) is 2. The number of halogens is 3. The number of piperazine rings is 1. The highest BCUT2D eigenvalue weighted by molar-refractivity contribution is 7.10. The van der Waals surface area contributed by atoms with Gasteiger partial charge < -0.3 is 28.7 Å². The highest BCUT2D eigenvalue weighted by Crippen LogP contribution is 2.57. The first-order valence-electron chi connectivity index (χ1n) is 22.7. The Morgan fingerprint density at radius 2 is 1.84 bits per heavy atom. The first-order valence-corrected chi connectivity index (χ1v) is 23.6. The van der Waals surface area contributed by atoms with Gasteiger partial charge in [-0.05, 0) is 54.7 Å². The fourth-order valence-electron chi connectivity index (χ4n) is 10.5. The standard InChI is InChI=1S/C48H57F3N8O7S/c1-8-37(61)56-17-19-57(20-18-56)46(64)55(6)41(27(2)3)35(60)22-29-23-36-53-33(24-67-36)28-13-14-34-31(21-28)38-39(47(4,5)26-66-45(63)32-12-10-16-59(54-32)44(29)62)43(65-7)40-30(11-9-15-52-40)42(38)58(34)25-48(49,50)51/h8-9,11,13-15,21,24,27,29,32,39,41,43,54H,1,10,12,16-20,22-23,25-26H2,2-7H3/t29-,32-,39?,41-,43-/m0/s1. The van der Waals surface area contributed by atoms with Crippen molar-refractivity contribution >= 4 is 51.8 Å². The van der Waals surface area contributed by atoms with Gasteiger partial charge in [0.15, 0.2) is 5.78 Å². The minimum atomic E-state index is -4.57. The van der Waals surface area contributed by atoms with Crippen molar-refractivity contribution in [3.05, 3.63) is 70.8 Å². The van der Waals surface area contributed by atoms with Gasteiger partial charge in [0, 0.05) is 105 Å². The van der Waals surface area contributed by atoms with Crippen LogP contribution in [0, 0.1) is 17.3 Å². The summed E-state index contributed by atoms with van der Waals surface area (Å²) in [5, 5.41) is 4.32. The number of methoxy groups -OCH3 is 1. The Morgan fingerprint density at radius 1 is 1.10 bits per heavy atom. The van der Waals surface area contributed by atoms with Crippen LogP contribution in [0.25, 0.3) is 33.4 Å². The van der Waals surface area contributed by atoms with Crippen molar-refractivity contribution in [1.29, 1.82) is 0 Å². The molecule has 3 aliphatic heterocycles. The SMILES string of the molecule is C=CC(=O)N1CCN(C(=O)N(C)[C@H](C(=O)C[C@H]2Cc3nc(cs3)-c3ccc4c(c3)c3c(n4CC(F)(F)F)-c4cccnc4[C@@H](OC)C3C(C)(C)COC(=O)[C@@H]3CCCN(N3)C2=O)C(C)C)CC1. The predicted octanol–water partition coefficient (Wildman–Crippen LogP) is 6.78. The number of rotatable bonds is 8. The smallest absolute Gasteiger partial charge is 0.406 e.